The normalized spacial score (nSPS) is 10.6. The van der Waals surface area contributed by atoms with Gasteiger partial charge in [0.2, 0.25) is 0 Å². The lowest BCUT2D eigenvalue weighted by atomic mass is 10.1. The highest BCUT2D eigenvalue weighted by atomic mass is 35.5. The van der Waals surface area contributed by atoms with Crippen LogP contribution in [0.3, 0.4) is 0 Å². The van der Waals surface area contributed by atoms with Gasteiger partial charge in [0, 0.05) is 18.2 Å². The van der Waals surface area contributed by atoms with E-state index in [2.05, 4.69) is 0 Å². The zero-order chi connectivity index (χ0) is 12.1. The summed E-state index contributed by atoms with van der Waals surface area (Å²) in [5.41, 5.74) is 2.29. The number of aryl methyl sites for hydroxylation is 1. The average molecular weight is 244 g/mol. The minimum Gasteiger partial charge on any atom is -0.497 e. The number of rotatable bonds is 5. The van der Waals surface area contributed by atoms with Gasteiger partial charge in [0.1, 0.15) is 11.5 Å². The van der Waals surface area contributed by atoms with Crippen LogP contribution in [0.15, 0.2) is 12.1 Å². The molecule has 1 aromatic rings. The Hall–Kier alpha value is -0.930. The fraction of sp³-hybridized carbons (Fsp3) is 0.500. The molecule has 0 bridgehead atoms. The number of benzene rings is 1. The van der Waals surface area contributed by atoms with Gasteiger partial charge < -0.3 is 9.47 Å². The Morgan fingerprint density at radius 2 is 1.94 bits per heavy atom. The Balaban J connectivity index is 3.06. The fourth-order valence-corrected chi connectivity index (χ4v) is 1.65. The van der Waals surface area contributed by atoms with E-state index in [1.54, 1.807) is 14.2 Å². The molecule has 0 atom stereocenters. The lowest BCUT2D eigenvalue weighted by molar-refractivity contribution is 0.355. The minimum atomic E-state index is 0.495. The van der Waals surface area contributed by atoms with Crippen LogP contribution < -0.4 is 9.47 Å². The van der Waals surface area contributed by atoms with Crippen LogP contribution in [0.2, 0.25) is 0 Å². The molecule has 1 aromatic carbocycles. The van der Waals surface area contributed by atoms with Gasteiger partial charge in [-0.25, -0.2) is 0 Å². The van der Waals surface area contributed by atoms with Gasteiger partial charge in [-0.1, -0.05) is 0 Å². The summed E-state index contributed by atoms with van der Waals surface area (Å²) in [4.78, 5) is 2.01. The van der Waals surface area contributed by atoms with Gasteiger partial charge in [0.05, 0.1) is 20.2 Å². The number of halogens is 1. The number of hydrogen-bond donors (Lipinski definition) is 0. The second-order valence-corrected chi connectivity index (χ2v) is 4.00. The van der Waals surface area contributed by atoms with E-state index in [9.17, 15) is 0 Å². The zero-order valence-corrected chi connectivity index (χ0v) is 11.0. The third-order valence-electron chi connectivity index (χ3n) is 2.49. The van der Waals surface area contributed by atoms with Gasteiger partial charge in [-0.2, -0.15) is 0 Å². The van der Waals surface area contributed by atoms with Gasteiger partial charge in [-0.15, -0.1) is 11.6 Å². The topological polar surface area (TPSA) is 21.7 Å². The maximum absolute atomic E-state index is 5.77. The number of alkyl halides is 1. The van der Waals surface area contributed by atoms with Crippen molar-refractivity contribution in [2.45, 2.75) is 13.5 Å². The summed E-state index contributed by atoms with van der Waals surface area (Å²) < 4.78 is 10.6. The van der Waals surface area contributed by atoms with Crippen LogP contribution in [0.25, 0.3) is 0 Å². The van der Waals surface area contributed by atoms with Crippen LogP contribution in [-0.2, 0) is 6.54 Å². The van der Waals surface area contributed by atoms with E-state index in [0.717, 1.165) is 29.2 Å². The molecule has 0 N–H and O–H groups in total. The Bertz CT molecular complexity index is 355. The van der Waals surface area contributed by atoms with E-state index in [-0.39, 0.29) is 0 Å². The van der Waals surface area contributed by atoms with E-state index in [4.69, 9.17) is 21.1 Å². The van der Waals surface area contributed by atoms with E-state index in [1.807, 2.05) is 31.0 Å². The first kappa shape index (κ1) is 13.1. The molecular formula is C12H18ClNO2. The number of hydrogen-bond acceptors (Lipinski definition) is 3. The second-order valence-electron chi connectivity index (χ2n) is 3.76. The van der Waals surface area contributed by atoms with Crippen molar-refractivity contribution in [3.05, 3.63) is 23.3 Å². The van der Waals surface area contributed by atoms with Crippen LogP contribution in [-0.4, -0.2) is 32.2 Å². The molecule has 0 heterocycles. The molecule has 4 heteroatoms. The molecule has 0 aliphatic rings. The van der Waals surface area contributed by atoms with Gasteiger partial charge in [0.15, 0.2) is 0 Å². The summed E-state index contributed by atoms with van der Waals surface area (Å²) in [6.07, 6.45) is 0. The highest BCUT2D eigenvalue weighted by molar-refractivity contribution is 6.17. The molecule has 0 radical (unpaired) electrons. The predicted octanol–water partition coefficient (Wildman–Crippen LogP) is 2.64. The molecule has 16 heavy (non-hydrogen) atoms. The Morgan fingerprint density at radius 1 is 1.25 bits per heavy atom. The second kappa shape index (κ2) is 5.97. The first-order valence-corrected chi connectivity index (χ1v) is 5.61. The molecule has 0 saturated carbocycles. The summed E-state index contributed by atoms with van der Waals surface area (Å²) in [7, 11) is 5.29. The maximum atomic E-state index is 5.77. The number of ether oxygens (including phenoxy) is 2. The molecule has 0 aromatic heterocycles. The van der Waals surface area contributed by atoms with E-state index < -0.39 is 0 Å². The van der Waals surface area contributed by atoms with Crippen molar-refractivity contribution in [3.63, 3.8) is 0 Å². The molecular weight excluding hydrogens is 226 g/mol. The molecule has 1 rings (SSSR count). The Labute approximate surface area is 102 Å². The zero-order valence-electron chi connectivity index (χ0n) is 10.2. The predicted molar refractivity (Wildman–Crippen MR) is 66.5 cm³/mol. The largest absolute Gasteiger partial charge is 0.497 e. The first-order chi connectivity index (χ1) is 7.62. The molecule has 90 valence electrons. The summed E-state index contributed by atoms with van der Waals surface area (Å²) in [5.74, 6) is 1.65. The van der Waals surface area contributed by atoms with Gasteiger partial charge >= 0.3 is 0 Å². The molecule has 0 spiro atoms. The van der Waals surface area contributed by atoms with Crippen LogP contribution in [0.5, 0.6) is 11.5 Å². The van der Waals surface area contributed by atoms with E-state index >= 15 is 0 Å². The minimum absolute atomic E-state index is 0.495. The highest BCUT2D eigenvalue weighted by Crippen LogP contribution is 2.29. The number of methoxy groups -OCH3 is 2. The van der Waals surface area contributed by atoms with Crippen molar-refractivity contribution < 1.29 is 9.47 Å². The molecule has 3 nitrogen and oxygen atoms in total. The van der Waals surface area contributed by atoms with E-state index in [0.29, 0.717) is 6.00 Å². The fourth-order valence-electron chi connectivity index (χ4n) is 1.57. The quantitative estimate of drug-likeness (QED) is 0.586. The summed E-state index contributed by atoms with van der Waals surface area (Å²) >= 11 is 5.77. The monoisotopic (exact) mass is 243 g/mol. The molecule has 0 unspecified atom stereocenters. The molecule has 0 aliphatic heterocycles. The number of nitrogens with zero attached hydrogens (tertiary/aromatic N) is 1. The summed E-state index contributed by atoms with van der Waals surface area (Å²) in [6, 6.07) is 4.39. The summed E-state index contributed by atoms with van der Waals surface area (Å²) in [5, 5.41) is 0. The van der Waals surface area contributed by atoms with Gasteiger partial charge in [-0.05, 0) is 25.6 Å². The first-order valence-electron chi connectivity index (χ1n) is 5.08. The molecule has 0 aliphatic carbocycles. The van der Waals surface area contributed by atoms with Crippen LogP contribution >= 0.6 is 11.6 Å². The van der Waals surface area contributed by atoms with Crippen molar-refractivity contribution in [2.75, 3.05) is 27.3 Å². The third kappa shape index (κ3) is 3.03. The van der Waals surface area contributed by atoms with Crippen molar-refractivity contribution in [1.82, 2.24) is 4.90 Å². The maximum Gasteiger partial charge on any atom is 0.127 e. The molecule has 0 amide bonds. The van der Waals surface area contributed by atoms with Crippen LogP contribution in [0, 0.1) is 6.92 Å². The lowest BCUT2D eigenvalue weighted by Crippen LogP contribution is -2.16. The average Bonchev–Trinajstić information content (AvgIpc) is 2.30. The van der Waals surface area contributed by atoms with Crippen molar-refractivity contribution in [1.29, 1.82) is 0 Å². The molecule has 0 fully saturated rings. The van der Waals surface area contributed by atoms with Crippen molar-refractivity contribution in [2.24, 2.45) is 0 Å². The highest BCUT2D eigenvalue weighted by Gasteiger charge is 2.11. The van der Waals surface area contributed by atoms with Gasteiger partial charge in [-0.3, -0.25) is 4.90 Å². The van der Waals surface area contributed by atoms with Crippen molar-refractivity contribution >= 4 is 11.6 Å². The summed E-state index contributed by atoms with van der Waals surface area (Å²) in [6.45, 7) is 2.81. The van der Waals surface area contributed by atoms with Crippen LogP contribution in [0.4, 0.5) is 0 Å². The van der Waals surface area contributed by atoms with Crippen molar-refractivity contribution in [3.8, 4) is 11.5 Å². The van der Waals surface area contributed by atoms with Crippen LogP contribution in [0.1, 0.15) is 11.1 Å². The van der Waals surface area contributed by atoms with E-state index in [1.165, 1.54) is 0 Å². The van der Waals surface area contributed by atoms with Gasteiger partial charge in [0.25, 0.3) is 0 Å². The lowest BCUT2D eigenvalue weighted by Gasteiger charge is -2.18. The Kier molecular flexibility index (Phi) is 4.90. The standard InChI is InChI=1S/C12H18ClNO2/c1-9-5-10(15-3)6-12(16-4)11(9)7-14(2)8-13/h5-6H,7-8H2,1-4H3. The third-order valence-corrected chi connectivity index (χ3v) is 2.90. The molecule has 0 saturated heterocycles. The Morgan fingerprint density at radius 3 is 2.44 bits per heavy atom. The SMILES string of the molecule is COc1cc(C)c(CN(C)CCl)c(OC)c1. The smallest absolute Gasteiger partial charge is 0.127 e.